The molecule has 0 rings (SSSR count). The molecule has 0 fully saturated rings. The topological polar surface area (TPSA) is 80.3 Å². The molecule has 0 aliphatic rings. The van der Waals surface area contributed by atoms with Gasteiger partial charge in [0.2, 0.25) is 0 Å². The van der Waals surface area contributed by atoms with Crippen molar-refractivity contribution in [3.05, 3.63) is 0 Å². The first-order valence-electron chi connectivity index (χ1n) is 2.02. The molecular formula is C4H4ClNa3O4. The van der Waals surface area contributed by atoms with Crippen LogP contribution in [0.3, 0.4) is 0 Å². The zero-order valence-electron chi connectivity index (χ0n) is 7.43. The van der Waals surface area contributed by atoms with E-state index in [1.54, 1.807) is 0 Å². The number of rotatable bonds is 3. The van der Waals surface area contributed by atoms with Crippen molar-refractivity contribution in [1.29, 1.82) is 0 Å². The fourth-order valence-corrected chi connectivity index (χ4v) is 0.204. The minimum atomic E-state index is -1.37. The van der Waals surface area contributed by atoms with Gasteiger partial charge in [0.25, 0.3) is 0 Å². The first-order valence-corrected chi connectivity index (χ1v) is 2.02. The van der Waals surface area contributed by atoms with E-state index in [0.29, 0.717) is 0 Å². The Morgan fingerprint density at radius 2 is 1.00 bits per heavy atom. The second-order valence-electron chi connectivity index (χ2n) is 1.24. The van der Waals surface area contributed by atoms with E-state index in [4.69, 9.17) is 0 Å². The van der Waals surface area contributed by atoms with Gasteiger partial charge < -0.3 is 32.2 Å². The Bertz CT molecular complexity index is 107. The Labute approximate surface area is 143 Å². The average Bonchev–Trinajstić information content (AvgIpc) is 1.61. The van der Waals surface area contributed by atoms with Crippen LogP contribution in [0.2, 0.25) is 0 Å². The maximum Gasteiger partial charge on any atom is 1.00 e. The molecule has 12 heavy (non-hydrogen) atoms. The molecule has 0 heterocycles. The number of halogens is 1. The Morgan fingerprint density at radius 1 is 0.833 bits per heavy atom. The third-order valence-electron chi connectivity index (χ3n) is 0.533. The molecule has 0 N–H and O–H groups in total. The van der Waals surface area contributed by atoms with Gasteiger partial charge in [-0.15, -0.1) is 0 Å². The summed E-state index contributed by atoms with van der Waals surface area (Å²) in [5.41, 5.74) is 0. The van der Waals surface area contributed by atoms with E-state index >= 15 is 0 Å². The quantitative estimate of drug-likeness (QED) is 0.443. The van der Waals surface area contributed by atoms with Crippen LogP contribution in [-0.4, -0.2) is 11.9 Å². The van der Waals surface area contributed by atoms with E-state index in [0.717, 1.165) is 0 Å². The molecule has 0 aromatic heterocycles. The molecule has 0 aliphatic carbocycles. The first-order chi connectivity index (χ1) is 3.63. The van der Waals surface area contributed by atoms with E-state index in [9.17, 15) is 19.8 Å². The number of carboxylic acid groups (broad SMARTS) is 2. The molecule has 54 valence electrons. The van der Waals surface area contributed by atoms with Gasteiger partial charge in [0, 0.05) is 11.9 Å². The maximum atomic E-state index is 9.50. The van der Waals surface area contributed by atoms with Gasteiger partial charge in [-0.1, -0.05) is 0 Å². The number of carbonyl (C=O) groups is 2. The third kappa shape index (κ3) is 29.5. The summed E-state index contributed by atoms with van der Waals surface area (Å²) < 4.78 is 0. The Hall–Kier alpha value is 2.23. The molecule has 0 atom stereocenters. The predicted octanol–water partition coefficient (Wildman–Crippen LogP) is -14.7. The van der Waals surface area contributed by atoms with Crippen molar-refractivity contribution in [3.63, 3.8) is 0 Å². The number of hydrogen-bond acceptors (Lipinski definition) is 4. The molecular weight excluding hydrogens is 216 g/mol. The van der Waals surface area contributed by atoms with Crippen LogP contribution >= 0.6 is 0 Å². The van der Waals surface area contributed by atoms with Crippen molar-refractivity contribution in [2.24, 2.45) is 0 Å². The fraction of sp³-hybridized carbons (Fsp3) is 0.500. The number of carboxylic acids is 2. The molecule has 0 aromatic carbocycles. The second kappa shape index (κ2) is 18.9. The minimum absolute atomic E-state index is 0. The summed E-state index contributed by atoms with van der Waals surface area (Å²) in [7, 11) is 0. The molecule has 0 aliphatic heterocycles. The summed E-state index contributed by atoms with van der Waals surface area (Å²) in [6.07, 6.45) is -0.940. The Kier molecular flexibility index (Phi) is 46.1. The van der Waals surface area contributed by atoms with Crippen molar-refractivity contribution in [2.45, 2.75) is 12.8 Å². The number of carbonyl (C=O) groups excluding carboxylic acids is 2. The smallest absolute Gasteiger partial charge is 1.00 e. The molecule has 0 bridgehead atoms. The zero-order chi connectivity index (χ0) is 6.57. The molecule has 0 saturated carbocycles. The summed E-state index contributed by atoms with van der Waals surface area (Å²) in [4.78, 5) is 19.0. The molecule has 4 nitrogen and oxygen atoms in total. The largest absolute Gasteiger partial charge is 1.00 e. The summed E-state index contributed by atoms with van der Waals surface area (Å²) in [6.45, 7) is 0. The van der Waals surface area contributed by atoms with E-state index < -0.39 is 24.8 Å². The van der Waals surface area contributed by atoms with Gasteiger partial charge in [0.1, 0.15) is 0 Å². The van der Waals surface area contributed by atoms with Gasteiger partial charge in [-0.25, -0.2) is 0 Å². The van der Waals surface area contributed by atoms with Crippen LogP contribution in [0.1, 0.15) is 12.8 Å². The van der Waals surface area contributed by atoms with Gasteiger partial charge in [-0.3, -0.25) is 0 Å². The fourth-order valence-electron chi connectivity index (χ4n) is 0.204. The normalized spacial score (nSPS) is 5.67. The summed E-state index contributed by atoms with van der Waals surface area (Å²) in [5, 5.41) is 19.0. The van der Waals surface area contributed by atoms with Crippen LogP contribution in [0.5, 0.6) is 0 Å². The summed E-state index contributed by atoms with van der Waals surface area (Å²) >= 11 is 0. The molecule has 8 heteroatoms. The standard InChI is InChI=1S/C4H6O4.ClH.3Na/c5-3(6)1-2-4(7)8;;;;/h1-2H2,(H,5,6)(H,7,8);1H;;;/q;;3*+1/p-3. The van der Waals surface area contributed by atoms with E-state index in [2.05, 4.69) is 0 Å². The molecule has 0 amide bonds. The Morgan fingerprint density at radius 3 is 1.08 bits per heavy atom. The van der Waals surface area contributed by atoms with Crippen LogP contribution in [0, 0.1) is 0 Å². The SMILES string of the molecule is O=C([O-])CCC(=O)[O-].[Cl-].[Na+].[Na+].[Na+]. The number of hydrogen-bond donors (Lipinski definition) is 0. The van der Waals surface area contributed by atoms with Crippen molar-refractivity contribution in [2.75, 3.05) is 0 Å². The third-order valence-corrected chi connectivity index (χ3v) is 0.533. The van der Waals surface area contributed by atoms with E-state index in [1.807, 2.05) is 0 Å². The molecule has 0 radical (unpaired) electrons. The molecule has 0 aromatic rings. The molecule has 0 saturated heterocycles. The molecule has 0 unspecified atom stereocenters. The van der Waals surface area contributed by atoms with Crippen molar-refractivity contribution in [1.82, 2.24) is 0 Å². The summed E-state index contributed by atoms with van der Waals surface area (Å²) in [5.74, 6) is -2.73. The van der Waals surface area contributed by atoms with Crippen LogP contribution < -0.4 is 111 Å². The monoisotopic (exact) mass is 220 g/mol. The van der Waals surface area contributed by atoms with Gasteiger partial charge in [-0.2, -0.15) is 0 Å². The van der Waals surface area contributed by atoms with Crippen LogP contribution in [-0.2, 0) is 9.59 Å². The second-order valence-corrected chi connectivity index (χ2v) is 1.24. The van der Waals surface area contributed by atoms with E-state index in [1.165, 1.54) is 0 Å². The minimum Gasteiger partial charge on any atom is -1.00 e. The van der Waals surface area contributed by atoms with Crippen molar-refractivity contribution >= 4 is 11.9 Å². The van der Waals surface area contributed by atoms with Crippen LogP contribution in [0.15, 0.2) is 0 Å². The average molecular weight is 220 g/mol. The molecule has 0 spiro atoms. The Balaban J connectivity index is -0.0000000408. The first kappa shape index (κ1) is 29.2. The summed E-state index contributed by atoms with van der Waals surface area (Å²) in [6, 6.07) is 0. The van der Waals surface area contributed by atoms with Gasteiger partial charge >= 0.3 is 88.7 Å². The van der Waals surface area contributed by atoms with Gasteiger partial charge in [0.05, 0.1) is 0 Å². The van der Waals surface area contributed by atoms with E-state index in [-0.39, 0.29) is 101 Å². The van der Waals surface area contributed by atoms with Crippen molar-refractivity contribution < 1.29 is 121 Å². The number of aliphatic carboxylic acids is 2. The predicted molar refractivity (Wildman–Crippen MR) is 19.2 cm³/mol. The van der Waals surface area contributed by atoms with Crippen LogP contribution in [0.4, 0.5) is 0 Å². The maximum absolute atomic E-state index is 9.50. The van der Waals surface area contributed by atoms with Gasteiger partial charge in [0.15, 0.2) is 0 Å². The zero-order valence-corrected chi connectivity index (χ0v) is 14.2. The van der Waals surface area contributed by atoms with Crippen LogP contribution in [0.25, 0.3) is 0 Å². The van der Waals surface area contributed by atoms with Gasteiger partial charge in [-0.05, 0) is 12.8 Å². The van der Waals surface area contributed by atoms with Crippen molar-refractivity contribution in [3.8, 4) is 0 Å².